The normalized spacial score (nSPS) is 12.1. The van der Waals surface area contributed by atoms with Crippen LogP contribution < -0.4 is 5.32 Å². The van der Waals surface area contributed by atoms with E-state index in [1.54, 1.807) is 12.1 Å². The maximum Gasteiger partial charge on any atom is 0.269 e. The lowest BCUT2D eigenvalue weighted by atomic mass is 10.0. The lowest BCUT2D eigenvalue weighted by molar-refractivity contribution is -0.384. The van der Waals surface area contributed by atoms with E-state index in [-0.39, 0.29) is 10.6 Å². The van der Waals surface area contributed by atoms with Crippen LogP contribution in [0.5, 0.6) is 0 Å². The Morgan fingerprint density at radius 1 is 0.913 bits per heavy atom. The van der Waals surface area contributed by atoms with Gasteiger partial charge < -0.3 is 5.32 Å². The molecule has 4 heteroatoms. The van der Waals surface area contributed by atoms with Gasteiger partial charge in [0.25, 0.3) is 5.69 Å². The number of anilines is 1. The smallest absolute Gasteiger partial charge is 0.269 e. The summed E-state index contributed by atoms with van der Waals surface area (Å²) in [7, 11) is 0. The minimum absolute atomic E-state index is 0.151. The Hall–Kier alpha value is -1.58. The third-order valence-corrected chi connectivity index (χ3v) is 4.26. The molecule has 1 atom stereocenters. The van der Waals surface area contributed by atoms with Crippen LogP contribution in [0, 0.1) is 10.1 Å². The quantitative estimate of drug-likeness (QED) is 0.263. The van der Waals surface area contributed by atoms with Crippen molar-refractivity contribution >= 4 is 11.4 Å². The van der Waals surface area contributed by atoms with Crippen LogP contribution in [0.25, 0.3) is 0 Å². The van der Waals surface area contributed by atoms with Gasteiger partial charge in [-0.25, -0.2) is 0 Å². The fourth-order valence-electron chi connectivity index (χ4n) is 2.84. The van der Waals surface area contributed by atoms with Crippen molar-refractivity contribution in [3.63, 3.8) is 0 Å². The Labute approximate surface area is 140 Å². The molecular weight excluding hydrogens is 288 g/mol. The molecule has 1 N–H and O–H groups in total. The van der Waals surface area contributed by atoms with E-state index in [4.69, 9.17) is 0 Å². The molecule has 0 bridgehead atoms. The minimum Gasteiger partial charge on any atom is -0.382 e. The van der Waals surface area contributed by atoms with Gasteiger partial charge in [-0.3, -0.25) is 10.1 Å². The summed E-state index contributed by atoms with van der Waals surface area (Å²) < 4.78 is 0. The van der Waals surface area contributed by atoms with Gasteiger partial charge in [-0.1, -0.05) is 65.2 Å². The molecule has 0 amide bonds. The number of nitrogens with zero attached hydrogens (tertiary/aromatic N) is 1. The first-order valence-corrected chi connectivity index (χ1v) is 9.18. The highest BCUT2D eigenvalue weighted by atomic mass is 16.6. The first-order chi connectivity index (χ1) is 11.2. The zero-order valence-corrected chi connectivity index (χ0v) is 14.7. The third-order valence-electron chi connectivity index (χ3n) is 4.26. The van der Waals surface area contributed by atoms with Crippen molar-refractivity contribution in [2.45, 2.75) is 84.1 Å². The number of rotatable bonds is 13. The van der Waals surface area contributed by atoms with Crippen molar-refractivity contribution in [3.05, 3.63) is 34.4 Å². The molecule has 23 heavy (non-hydrogen) atoms. The molecule has 1 aromatic rings. The van der Waals surface area contributed by atoms with Crippen molar-refractivity contribution in [2.75, 3.05) is 5.32 Å². The van der Waals surface area contributed by atoms with E-state index in [1.807, 2.05) is 12.1 Å². The average molecular weight is 320 g/mol. The highest BCUT2D eigenvalue weighted by Gasteiger charge is 2.10. The maximum absolute atomic E-state index is 10.7. The van der Waals surface area contributed by atoms with Crippen LogP contribution in [0.15, 0.2) is 24.3 Å². The summed E-state index contributed by atoms with van der Waals surface area (Å²) in [6.07, 6.45) is 12.6. The zero-order valence-electron chi connectivity index (χ0n) is 14.7. The molecule has 0 aromatic heterocycles. The summed E-state index contributed by atoms with van der Waals surface area (Å²) in [4.78, 5) is 10.4. The highest BCUT2D eigenvalue weighted by molar-refractivity contribution is 5.49. The molecule has 0 spiro atoms. The number of nitro benzene ring substituents is 1. The Bertz CT molecular complexity index is 432. The lowest BCUT2D eigenvalue weighted by Crippen LogP contribution is -2.19. The molecule has 0 saturated heterocycles. The summed E-state index contributed by atoms with van der Waals surface area (Å²) in [6, 6.07) is 7.27. The molecule has 0 radical (unpaired) electrons. The van der Waals surface area contributed by atoms with Crippen LogP contribution in [0.2, 0.25) is 0 Å². The van der Waals surface area contributed by atoms with Crippen molar-refractivity contribution in [1.29, 1.82) is 0 Å². The number of nitrogens with one attached hydrogen (secondary N) is 1. The molecule has 0 aliphatic carbocycles. The third kappa shape index (κ3) is 8.58. The van der Waals surface area contributed by atoms with E-state index in [2.05, 4.69) is 19.2 Å². The topological polar surface area (TPSA) is 55.2 Å². The second-order valence-corrected chi connectivity index (χ2v) is 6.34. The minimum atomic E-state index is -0.351. The van der Waals surface area contributed by atoms with E-state index >= 15 is 0 Å². The van der Waals surface area contributed by atoms with Gasteiger partial charge in [0.05, 0.1) is 4.92 Å². The van der Waals surface area contributed by atoms with E-state index in [0.717, 1.165) is 5.69 Å². The Kier molecular flexibility index (Phi) is 10.1. The van der Waals surface area contributed by atoms with Crippen LogP contribution in [0.1, 0.15) is 78.1 Å². The first-order valence-electron chi connectivity index (χ1n) is 9.18. The standard InChI is InChI=1S/C19H32N2O2/c1-3-5-7-8-10-12-17(11-9-6-4-2)20-18-13-15-19(16-14-18)21(22)23/h13-17,20H,3-12H2,1-2H3. The zero-order chi connectivity index (χ0) is 16.9. The Morgan fingerprint density at radius 3 is 2.00 bits per heavy atom. The second kappa shape index (κ2) is 11.9. The van der Waals surface area contributed by atoms with Crippen LogP contribution in [0.3, 0.4) is 0 Å². The van der Waals surface area contributed by atoms with Crippen molar-refractivity contribution in [2.24, 2.45) is 0 Å². The molecule has 0 heterocycles. The second-order valence-electron chi connectivity index (χ2n) is 6.34. The molecule has 1 aromatic carbocycles. The molecule has 1 rings (SSSR count). The molecule has 130 valence electrons. The molecule has 0 saturated carbocycles. The SMILES string of the molecule is CCCCCCCC(CCCCC)Nc1ccc([N+](=O)[O-])cc1. The number of unbranched alkanes of at least 4 members (excludes halogenated alkanes) is 6. The van der Waals surface area contributed by atoms with E-state index < -0.39 is 0 Å². The lowest BCUT2D eigenvalue weighted by Gasteiger charge is -2.20. The van der Waals surface area contributed by atoms with Crippen LogP contribution in [0.4, 0.5) is 11.4 Å². The van der Waals surface area contributed by atoms with E-state index in [1.165, 1.54) is 64.2 Å². The fraction of sp³-hybridized carbons (Fsp3) is 0.684. The summed E-state index contributed by atoms with van der Waals surface area (Å²) in [5.41, 5.74) is 1.14. The fourth-order valence-corrected chi connectivity index (χ4v) is 2.84. The van der Waals surface area contributed by atoms with Gasteiger partial charge in [-0.05, 0) is 25.0 Å². The highest BCUT2D eigenvalue weighted by Crippen LogP contribution is 2.20. The summed E-state index contributed by atoms with van der Waals surface area (Å²) in [5.74, 6) is 0. The number of benzene rings is 1. The Morgan fingerprint density at radius 2 is 1.43 bits per heavy atom. The molecule has 0 fully saturated rings. The van der Waals surface area contributed by atoms with Crippen LogP contribution >= 0.6 is 0 Å². The predicted octanol–water partition coefficient (Wildman–Crippen LogP) is 6.32. The molecule has 4 nitrogen and oxygen atoms in total. The van der Waals surface area contributed by atoms with Crippen molar-refractivity contribution < 1.29 is 4.92 Å². The van der Waals surface area contributed by atoms with Crippen LogP contribution in [-0.4, -0.2) is 11.0 Å². The summed E-state index contributed by atoms with van der Waals surface area (Å²) in [5, 5.41) is 14.3. The maximum atomic E-state index is 10.7. The number of hydrogen-bond donors (Lipinski definition) is 1. The van der Waals surface area contributed by atoms with E-state index in [0.29, 0.717) is 6.04 Å². The van der Waals surface area contributed by atoms with Gasteiger partial charge in [-0.2, -0.15) is 0 Å². The predicted molar refractivity (Wildman–Crippen MR) is 98.0 cm³/mol. The van der Waals surface area contributed by atoms with E-state index in [9.17, 15) is 10.1 Å². The number of hydrogen-bond acceptors (Lipinski definition) is 3. The molecule has 0 aliphatic rings. The van der Waals surface area contributed by atoms with Gasteiger partial charge in [0, 0.05) is 23.9 Å². The number of non-ortho nitro benzene ring substituents is 1. The van der Waals surface area contributed by atoms with Crippen molar-refractivity contribution in [3.8, 4) is 0 Å². The summed E-state index contributed by atoms with van der Waals surface area (Å²) >= 11 is 0. The largest absolute Gasteiger partial charge is 0.382 e. The molecule has 0 aliphatic heterocycles. The van der Waals surface area contributed by atoms with Gasteiger partial charge in [-0.15, -0.1) is 0 Å². The Balaban J connectivity index is 2.47. The van der Waals surface area contributed by atoms with Gasteiger partial charge >= 0.3 is 0 Å². The van der Waals surface area contributed by atoms with Gasteiger partial charge in [0.2, 0.25) is 0 Å². The monoisotopic (exact) mass is 320 g/mol. The molecular formula is C19H32N2O2. The van der Waals surface area contributed by atoms with Crippen LogP contribution in [-0.2, 0) is 0 Å². The van der Waals surface area contributed by atoms with Gasteiger partial charge in [0.1, 0.15) is 0 Å². The van der Waals surface area contributed by atoms with Crippen molar-refractivity contribution in [1.82, 2.24) is 0 Å². The summed E-state index contributed by atoms with van der Waals surface area (Å²) in [6.45, 7) is 4.47. The molecule has 1 unspecified atom stereocenters. The average Bonchev–Trinajstić information content (AvgIpc) is 2.55. The van der Waals surface area contributed by atoms with Gasteiger partial charge in [0.15, 0.2) is 0 Å². The first kappa shape index (κ1) is 19.5. The number of nitro groups is 1.